The number of hydrogen-bond acceptors (Lipinski definition) is 7. The summed E-state index contributed by atoms with van der Waals surface area (Å²) in [5.74, 6) is 2.39. The van der Waals surface area contributed by atoms with Gasteiger partial charge in [-0.15, -0.1) is 0 Å². The molecule has 0 spiro atoms. The molecule has 9 heteroatoms. The van der Waals surface area contributed by atoms with Crippen molar-refractivity contribution in [1.82, 2.24) is 25.1 Å². The summed E-state index contributed by atoms with van der Waals surface area (Å²) in [6.45, 7) is 4.43. The molecule has 5 rings (SSSR count). The van der Waals surface area contributed by atoms with E-state index in [1.807, 2.05) is 74.5 Å². The summed E-state index contributed by atoms with van der Waals surface area (Å²) in [6, 6.07) is 22.7. The molecule has 0 aliphatic rings. The minimum Gasteiger partial charge on any atom is -0.493 e. The Morgan fingerprint density at radius 2 is 1.59 bits per heavy atom. The molecule has 0 aliphatic carbocycles. The summed E-state index contributed by atoms with van der Waals surface area (Å²) >= 11 is 0. The molecular formula is C30H30N6O3. The summed E-state index contributed by atoms with van der Waals surface area (Å²) in [5, 5.41) is 10.9. The van der Waals surface area contributed by atoms with Gasteiger partial charge in [-0.2, -0.15) is 5.10 Å². The Morgan fingerprint density at radius 1 is 0.872 bits per heavy atom. The second kappa shape index (κ2) is 11.2. The van der Waals surface area contributed by atoms with Crippen LogP contribution in [-0.2, 0) is 6.42 Å². The number of benzene rings is 3. The molecule has 0 saturated heterocycles. The first kappa shape index (κ1) is 25.7. The van der Waals surface area contributed by atoms with E-state index >= 15 is 0 Å². The van der Waals surface area contributed by atoms with Crippen molar-refractivity contribution in [2.24, 2.45) is 0 Å². The zero-order valence-corrected chi connectivity index (χ0v) is 22.4. The first-order chi connectivity index (χ1) is 18.9. The van der Waals surface area contributed by atoms with Gasteiger partial charge in [0.1, 0.15) is 0 Å². The normalized spacial score (nSPS) is 10.9. The largest absolute Gasteiger partial charge is 0.493 e. The number of hydrogen-bond donors (Lipinski definition) is 2. The number of amides is 1. The summed E-state index contributed by atoms with van der Waals surface area (Å²) in [6.07, 6.45) is 0.668. The van der Waals surface area contributed by atoms with Crippen LogP contribution in [0.1, 0.15) is 27.3 Å². The number of nitrogens with one attached hydrogen (secondary N) is 2. The fourth-order valence-electron chi connectivity index (χ4n) is 4.37. The first-order valence-electron chi connectivity index (χ1n) is 12.6. The van der Waals surface area contributed by atoms with Crippen LogP contribution in [0.25, 0.3) is 16.9 Å². The zero-order chi connectivity index (χ0) is 27.4. The number of nitrogens with zero attached hydrogens (tertiary/aromatic N) is 4. The van der Waals surface area contributed by atoms with Crippen LogP contribution in [0.2, 0.25) is 0 Å². The number of aromatic nitrogens is 4. The second-order valence-corrected chi connectivity index (χ2v) is 9.12. The zero-order valence-electron chi connectivity index (χ0n) is 22.4. The second-order valence-electron chi connectivity index (χ2n) is 9.12. The number of methoxy groups -OCH3 is 2. The lowest BCUT2D eigenvalue weighted by Crippen LogP contribution is -2.25. The summed E-state index contributed by atoms with van der Waals surface area (Å²) < 4.78 is 12.4. The van der Waals surface area contributed by atoms with Crippen molar-refractivity contribution in [3.8, 4) is 17.3 Å². The van der Waals surface area contributed by atoms with Crippen molar-refractivity contribution < 1.29 is 14.3 Å². The third kappa shape index (κ3) is 5.67. The fourth-order valence-corrected chi connectivity index (χ4v) is 4.37. The minimum absolute atomic E-state index is 0.143. The van der Waals surface area contributed by atoms with Crippen LogP contribution in [-0.4, -0.2) is 46.4 Å². The van der Waals surface area contributed by atoms with Gasteiger partial charge in [0.15, 0.2) is 23.1 Å². The molecule has 39 heavy (non-hydrogen) atoms. The molecule has 5 aromatic rings. The molecule has 198 valence electrons. The van der Waals surface area contributed by atoms with Crippen molar-refractivity contribution in [3.63, 3.8) is 0 Å². The lowest BCUT2D eigenvalue weighted by Gasteiger charge is -2.13. The van der Waals surface area contributed by atoms with Crippen molar-refractivity contribution in [2.75, 3.05) is 26.1 Å². The highest BCUT2D eigenvalue weighted by Gasteiger charge is 2.15. The number of carbonyl (C=O) groups excluding carboxylic acids is 1. The Morgan fingerprint density at radius 3 is 2.26 bits per heavy atom. The van der Waals surface area contributed by atoms with Gasteiger partial charge in [-0.25, -0.2) is 14.6 Å². The van der Waals surface area contributed by atoms with Crippen molar-refractivity contribution in [1.29, 1.82) is 0 Å². The Balaban J connectivity index is 1.29. The van der Waals surface area contributed by atoms with Crippen LogP contribution in [0.15, 0.2) is 72.8 Å². The SMILES string of the molecule is COc1ccc(CCNC(=O)c2ccc(Nc3nc4ccccc4nc3-n3nc(C)cc3C)cc2)cc1OC. The summed E-state index contributed by atoms with van der Waals surface area (Å²) in [5.41, 5.74) is 5.81. The van der Waals surface area contributed by atoms with Crippen LogP contribution in [0.5, 0.6) is 11.5 Å². The maximum Gasteiger partial charge on any atom is 0.251 e. The molecule has 0 bridgehead atoms. The van der Waals surface area contributed by atoms with Gasteiger partial charge in [-0.1, -0.05) is 18.2 Å². The maximum atomic E-state index is 12.7. The van der Waals surface area contributed by atoms with Gasteiger partial charge in [-0.3, -0.25) is 4.79 Å². The Labute approximate surface area is 226 Å². The molecule has 9 nitrogen and oxygen atoms in total. The van der Waals surface area contributed by atoms with Gasteiger partial charge in [0.25, 0.3) is 5.91 Å². The molecule has 3 aromatic carbocycles. The number of anilines is 2. The van der Waals surface area contributed by atoms with Gasteiger partial charge in [-0.05, 0) is 80.4 Å². The van der Waals surface area contributed by atoms with Gasteiger partial charge < -0.3 is 20.1 Å². The van der Waals surface area contributed by atoms with Gasteiger partial charge in [0.05, 0.1) is 30.9 Å². The van der Waals surface area contributed by atoms with Crippen molar-refractivity contribution in [3.05, 3.63) is 95.3 Å². The molecule has 2 heterocycles. The molecular weight excluding hydrogens is 492 g/mol. The lowest BCUT2D eigenvalue weighted by atomic mass is 10.1. The molecule has 0 fully saturated rings. The standard InChI is InChI=1S/C30H30N6O3/c1-19-17-20(2)36(35-19)29-28(33-24-7-5-6-8-25(24)34-29)32-23-12-10-22(11-13-23)30(37)31-16-15-21-9-14-26(38-3)27(18-21)39-4/h5-14,17-18H,15-16H2,1-4H3,(H,31,37)(H,32,33). The first-order valence-corrected chi connectivity index (χ1v) is 12.6. The number of fused-ring (bicyclic) bond motifs is 1. The average molecular weight is 523 g/mol. The number of aryl methyl sites for hydroxylation is 2. The summed E-state index contributed by atoms with van der Waals surface area (Å²) in [4.78, 5) is 22.4. The lowest BCUT2D eigenvalue weighted by molar-refractivity contribution is 0.0954. The Hall–Kier alpha value is -4.92. The van der Waals surface area contributed by atoms with Gasteiger partial charge in [0, 0.05) is 23.5 Å². The maximum absolute atomic E-state index is 12.7. The van der Waals surface area contributed by atoms with E-state index in [-0.39, 0.29) is 5.91 Å². The Kier molecular flexibility index (Phi) is 7.40. The number of para-hydroxylation sites is 2. The minimum atomic E-state index is -0.143. The molecule has 0 radical (unpaired) electrons. The molecule has 2 aromatic heterocycles. The number of carbonyl (C=O) groups is 1. The van der Waals surface area contributed by atoms with E-state index in [2.05, 4.69) is 15.7 Å². The van der Waals surface area contributed by atoms with Crippen molar-refractivity contribution in [2.45, 2.75) is 20.3 Å². The molecule has 2 N–H and O–H groups in total. The van der Waals surface area contributed by atoms with E-state index in [9.17, 15) is 4.79 Å². The smallest absolute Gasteiger partial charge is 0.251 e. The molecule has 0 aliphatic heterocycles. The van der Waals surface area contributed by atoms with Crippen LogP contribution in [0, 0.1) is 13.8 Å². The molecule has 1 amide bonds. The van der Waals surface area contributed by atoms with E-state index in [1.54, 1.807) is 31.0 Å². The predicted molar refractivity (Wildman–Crippen MR) is 151 cm³/mol. The van der Waals surface area contributed by atoms with Gasteiger partial charge >= 0.3 is 0 Å². The highest BCUT2D eigenvalue weighted by atomic mass is 16.5. The van der Waals surface area contributed by atoms with Gasteiger partial charge in [0.2, 0.25) is 0 Å². The highest BCUT2D eigenvalue weighted by molar-refractivity contribution is 5.94. The number of rotatable bonds is 9. The monoisotopic (exact) mass is 522 g/mol. The summed E-state index contributed by atoms with van der Waals surface area (Å²) in [7, 11) is 3.21. The van der Waals surface area contributed by atoms with Crippen LogP contribution >= 0.6 is 0 Å². The van der Waals surface area contributed by atoms with E-state index in [0.29, 0.717) is 41.7 Å². The van der Waals surface area contributed by atoms with Crippen LogP contribution < -0.4 is 20.1 Å². The quantitative estimate of drug-likeness (QED) is 0.275. The number of ether oxygens (including phenoxy) is 2. The fraction of sp³-hybridized carbons (Fsp3) is 0.200. The third-order valence-electron chi connectivity index (χ3n) is 6.32. The topological polar surface area (TPSA) is 103 Å². The van der Waals surface area contributed by atoms with E-state index in [1.165, 1.54) is 0 Å². The van der Waals surface area contributed by atoms with Crippen LogP contribution in [0.4, 0.5) is 11.5 Å². The van der Waals surface area contributed by atoms with E-state index < -0.39 is 0 Å². The highest BCUT2D eigenvalue weighted by Crippen LogP contribution is 2.28. The third-order valence-corrected chi connectivity index (χ3v) is 6.32. The Bertz CT molecular complexity index is 1630. The molecule has 0 atom stereocenters. The predicted octanol–water partition coefficient (Wildman–Crippen LogP) is 5.17. The van der Waals surface area contributed by atoms with E-state index in [4.69, 9.17) is 19.4 Å². The average Bonchev–Trinajstić information content (AvgIpc) is 3.30. The molecule has 0 saturated carbocycles. The van der Waals surface area contributed by atoms with E-state index in [0.717, 1.165) is 33.7 Å². The van der Waals surface area contributed by atoms with Crippen LogP contribution in [0.3, 0.4) is 0 Å². The van der Waals surface area contributed by atoms with Crippen molar-refractivity contribution >= 4 is 28.4 Å². The molecule has 0 unspecified atom stereocenters.